The molecule has 1 heterocycles. The fourth-order valence-corrected chi connectivity index (χ4v) is 0.723. The Hall–Kier alpha value is -0.710. The van der Waals surface area contributed by atoms with Gasteiger partial charge in [-0.25, -0.2) is 0 Å². The fraction of sp³-hybridized carbons (Fsp3) is 0.500. The molecule has 0 amide bonds. The molecule has 0 saturated carbocycles. The van der Waals surface area contributed by atoms with E-state index in [-0.39, 0.29) is 0 Å². The Balaban J connectivity index is 2.69. The highest BCUT2D eigenvalue weighted by molar-refractivity contribution is 7.94. The van der Waals surface area contributed by atoms with E-state index in [2.05, 4.69) is 10.2 Å². The topological polar surface area (TPSA) is 39.9 Å². The normalized spacial score (nSPS) is 9.56. The summed E-state index contributed by atoms with van der Waals surface area (Å²) in [6, 6.07) is 0.530. The Kier molecular flexibility index (Phi) is 1.94. The molecule has 0 aliphatic rings. The van der Waals surface area contributed by atoms with E-state index in [1.807, 2.05) is 13.3 Å². The van der Waals surface area contributed by atoms with Gasteiger partial charge in [-0.2, -0.15) is 0 Å². The van der Waals surface area contributed by atoms with Gasteiger partial charge in [-0.3, -0.25) is 4.57 Å². The van der Waals surface area contributed by atoms with Crippen molar-refractivity contribution in [2.45, 2.75) is 0 Å². The van der Waals surface area contributed by atoms with Gasteiger partial charge in [-0.15, -0.1) is 5.10 Å². The van der Waals surface area contributed by atoms with Crippen LogP contribution in [0.15, 0.2) is 6.33 Å². The molecular formula is C4H7N3OS. The molecule has 0 fully saturated rings. The van der Waals surface area contributed by atoms with Crippen LogP contribution in [0.2, 0.25) is 0 Å². The number of aryl methyl sites for hydroxylation is 1. The summed E-state index contributed by atoms with van der Waals surface area (Å²) >= 11 is 1.25. The van der Waals surface area contributed by atoms with Crippen LogP contribution in [0.3, 0.4) is 0 Å². The van der Waals surface area contributed by atoms with E-state index in [1.54, 1.807) is 10.9 Å². The van der Waals surface area contributed by atoms with Crippen LogP contribution in [-0.2, 0) is 7.05 Å². The zero-order chi connectivity index (χ0) is 6.69. The van der Waals surface area contributed by atoms with E-state index in [0.29, 0.717) is 6.01 Å². The summed E-state index contributed by atoms with van der Waals surface area (Å²) in [6.07, 6.45) is 3.42. The number of hydrogen-bond donors (Lipinski definition) is 0. The molecule has 0 N–H and O–H groups in total. The Morgan fingerprint density at radius 3 is 3.00 bits per heavy atom. The van der Waals surface area contributed by atoms with Gasteiger partial charge in [-0.05, 0) is 0 Å². The van der Waals surface area contributed by atoms with Crippen LogP contribution in [0.1, 0.15) is 0 Å². The van der Waals surface area contributed by atoms with Crippen LogP contribution in [0, 0.1) is 0 Å². The van der Waals surface area contributed by atoms with E-state index >= 15 is 0 Å². The summed E-state index contributed by atoms with van der Waals surface area (Å²) in [5.41, 5.74) is 0. The average Bonchev–Trinajstić information content (AvgIpc) is 2.18. The maximum Gasteiger partial charge on any atom is 0.328 e. The van der Waals surface area contributed by atoms with Gasteiger partial charge in [0.15, 0.2) is 0 Å². The first kappa shape index (κ1) is 6.41. The van der Waals surface area contributed by atoms with Crippen molar-refractivity contribution < 1.29 is 4.18 Å². The van der Waals surface area contributed by atoms with Gasteiger partial charge in [0.1, 0.15) is 6.33 Å². The molecule has 0 aliphatic heterocycles. The molecule has 0 unspecified atom stereocenters. The minimum Gasteiger partial charge on any atom is -0.390 e. The van der Waals surface area contributed by atoms with Crippen LogP contribution in [0.4, 0.5) is 0 Å². The van der Waals surface area contributed by atoms with Crippen LogP contribution < -0.4 is 4.18 Å². The third-order valence-corrected chi connectivity index (χ3v) is 1.14. The van der Waals surface area contributed by atoms with Gasteiger partial charge in [0.05, 0.1) is 12.0 Å². The summed E-state index contributed by atoms with van der Waals surface area (Å²) in [5.74, 6) is 0. The van der Waals surface area contributed by atoms with Crippen molar-refractivity contribution in [2.75, 3.05) is 6.26 Å². The summed E-state index contributed by atoms with van der Waals surface area (Å²) < 4.78 is 6.69. The molecule has 5 heteroatoms. The molecule has 4 nitrogen and oxygen atoms in total. The lowest BCUT2D eigenvalue weighted by atomic mass is 11.0. The molecule has 0 aliphatic carbocycles. The second-order valence-electron chi connectivity index (χ2n) is 1.47. The van der Waals surface area contributed by atoms with Gasteiger partial charge in [0.2, 0.25) is 0 Å². The highest BCUT2D eigenvalue weighted by atomic mass is 32.2. The predicted molar refractivity (Wildman–Crippen MR) is 35.1 cm³/mol. The molecule has 0 radical (unpaired) electrons. The maximum absolute atomic E-state index is 4.98. The largest absolute Gasteiger partial charge is 0.390 e. The molecule has 0 bridgehead atoms. The monoisotopic (exact) mass is 145 g/mol. The van der Waals surface area contributed by atoms with Crippen molar-refractivity contribution in [3.8, 4) is 6.01 Å². The van der Waals surface area contributed by atoms with Crippen molar-refractivity contribution in [2.24, 2.45) is 7.05 Å². The minimum absolute atomic E-state index is 0.530. The Morgan fingerprint density at radius 1 is 1.78 bits per heavy atom. The van der Waals surface area contributed by atoms with E-state index < -0.39 is 0 Å². The number of rotatable bonds is 2. The summed E-state index contributed by atoms with van der Waals surface area (Å²) in [6.45, 7) is 0. The molecule has 1 aromatic rings. The Bertz CT molecular complexity index is 188. The lowest BCUT2D eigenvalue weighted by molar-refractivity contribution is 0.554. The molecule has 1 rings (SSSR count). The first-order chi connectivity index (χ1) is 4.34. The minimum atomic E-state index is 0.530. The number of aromatic nitrogens is 3. The van der Waals surface area contributed by atoms with Gasteiger partial charge >= 0.3 is 6.01 Å². The molecule has 1 aromatic heterocycles. The van der Waals surface area contributed by atoms with Crippen molar-refractivity contribution in [1.29, 1.82) is 0 Å². The Labute approximate surface area is 57.4 Å². The lowest BCUT2D eigenvalue weighted by Crippen LogP contribution is -1.90. The maximum atomic E-state index is 4.98. The van der Waals surface area contributed by atoms with E-state index in [1.165, 1.54) is 12.0 Å². The van der Waals surface area contributed by atoms with Gasteiger partial charge in [0.25, 0.3) is 0 Å². The van der Waals surface area contributed by atoms with E-state index in [0.717, 1.165) is 0 Å². The second-order valence-corrected chi connectivity index (χ2v) is 1.97. The molecule has 0 saturated heterocycles. The van der Waals surface area contributed by atoms with Gasteiger partial charge in [0, 0.05) is 13.3 Å². The summed E-state index contributed by atoms with van der Waals surface area (Å²) in [7, 11) is 1.82. The molecule has 0 aromatic carbocycles. The zero-order valence-electron chi connectivity index (χ0n) is 5.24. The molecular weight excluding hydrogens is 138 g/mol. The predicted octanol–water partition coefficient (Wildman–Crippen LogP) is 0.472. The quantitative estimate of drug-likeness (QED) is 0.567. The third kappa shape index (κ3) is 1.35. The summed E-state index contributed by atoms with van der Waals surface area (Å²) in [4.78, 5) is 0. The average molecular weight is 145 g/mol. The standard InChI is InChI=1S/C4H7N3OS/c1-7-3-5-6-4(7)8-9-2/h3H,1-2H3. The highest BCUT2D eigenvalue weighted by Crippen LogP contribution is 2.07. The van der Waals surface area contributed by atoms with Crippen LogP contribution in [0.5, 0.6) is 6.01 Å². The molecule has 0 spiro atoms. The van der Waals surface area contributed by atoms with E-state index in [9.17, 15) is 0 Å². The first-order valence-corrected chi connectivity index (χ1v) is 3.54. The van der Waals surface area contributed by atoms with Crippen molar-refractivity contribution in [1.82, 2.24) is 14.8 Å². The SMILES string of the molecule is CSOc1nncn1C. The Morgan fingerprint density at radius 2 is 2.56 bits per heavy atom. The molecule has 50 valence electrons. The van der Waals surface area contributed by atoms with Crippen LogP contribution >= 0.6 is 12.0 Å². The smallest absolute Gasteiger partial charge is 0.328 e. The number of nitrogens with zero attached hydrogens (tertiary/aromatic N) is 3. The van der Waals surface area contributed by atoms with Crippen LogP contribution in [-0.4, -0.2) is 21.0 Å². The van der Waals surface area contributed by atoms with Gasteiger partial charge < -0.3 is 4.18 Å². The van der Waals surface area contributed by atoms with Crippen LogP contribution in [0.25, 0.3) is 0 Å². The fourth-order valence-electron chi connectivity index (χ4n) is 0.423. The zero-order valence-corrected chi connectivity index (χ0v) is 6.05. The second kappa shape index (κ2) is 2.72. The molecule has 0 atom stereocenters. The van der Waals surface area contributed by atoms with E-state index in [4.69, 9.17) is 4.18 Å². The molecule has 9 heavy (non-hydrogen) atoms. The van der Waals surface area contributed by atoms with Crippen molar-refractivity contribution >= 4 is 12.0 Å². The van der Waals surface area contributed by atoms with Gasteiger partial charge in [-0.1, -0.05) is 5.10 Å². The highest BCUT2D eigenvalue weighted by Gasteiger charge is 1.97. The summed E-state index contributed by atoms with van der Waals surface area (Å²) in [5, 5.41) is 7.29. The lowest BCUT2D eigenvalue weighted by Gasteiger charge is -1.95. The van der Waals surface area contributed by atoms with Crippen molar-refractivity contribution in [3.63, 3.8) is 0 Å². The first-order valence-electron chi connectivity index (χ1n) is 2.39. The third-order valence-electron chi connectivity index (χ3n) is 0.828. The number of hydrogen-bond acceptors (Lipinski definition) is 4. The van der Waals surface area contributed by atoms with Crippen molar-refractivity contribution in [3.05, 3.63) is 6.33 Å².